The molecular weight excluding hydrogens is 296 g/mol. The molecule has 22 heavy (non-hydrogen) atoms. The lowest BCUT2D eigenvalue weighted by atomic mass is 10.1. The third-order valence-corrected chi connectivity index (χ3v) is 4.90. The van der Waals surface area contributed by atoms with E-state index in [0.29, 0.717) is 19.4 Å². The number of amides is 1. The van der Waals surface area contributed by atoms with Gasteiger partial charge in [0.15, 0.2) is 5.78 Å². The minimum atomic E-state index is 0.0435. The number of benzene rings is 1. The minimum Gasteiger partial charge on any atom is -0.372 e. The van der Waals surface area contributed by atoms with Crippen molar-refractivity contribution in [1.29, 1.82) is 0 Å². The van der Waals surface area contributed by atoms with Crippen molar-refractivity contribution in [3.8, 4) is 0 Å². The SMILES string of the molecule is O=C1C=CC2=C(C1)SC(CCNC(=O)Cc1ccccc1)N2. The summed E-state index contributed by atoms with van der Waals surface area (Å²) in [5.74, 6) is 0.201. The second-order valence-corrected chi connectivity index (χ2v) is 6.66. The normalized spacial score (nSPS) is 19.8. The van der Waals surface area contributed by atoms with Gasteiger partial charge in [0.2, 0.25) is 5.91 Å². The zero-order chi connectivity index (χ0) is 15.4. The molecule has 1 aliphatic heterocycles. The summed E-state index contributed by atoms with van der Waals surface area (Å²) in [4.78, 5) is 24.4. The lowest BCUT2D eigenvalue weighted by molar-refractivity contribution is -0.120. The van der Waals surface area contributed by atoms with Gasteiger partial charge in [-0.15, -0.1) is 11.8 Å². The Morgan fingerprint density at radius 2 is 2.09 bits per heavy atom. The van der Waals surface area contributed by atoms with Crippen molar-refractivity contribution in [2.24, 2.45) is 0 Å². The topological polar surface area (TPSA) is 58.2 Å². The molecule has 0 aromatic heterocycles. The Labute approximate surface area is 134 Å². The lowest BCUT2D eigenvalue weighted by Crippen LogP contribution is -2.30. The smallest absolute Gasteiger partial charge is 0.224 e. The number of rotatable bonds is 5. The van der Waals surface area contributed by atoms with Crippen LogP contribution in [0.3, 0.4) is 0 Å². The van der Waals surface area contributed by atoms with E-state index in [0.717, 1.165) is 22.6 Å². The van der Waals surface area contributed by atoms with E-state index in [9.17, 15) is 9.59 Å². The van der Waals surface area contributed by atoms with Gasteiger partial charge in [0.05, 0.1) is 11.8 Å². The molecule has 1 aromatic carbocycles. The van der Waals surface area contributed by atoms with Gasteiger partial charge in [-0.05, 0) is 24.1 Å². The Morgan fingerprint density at radius 1 is 1.27 bits per heavy atom. The average molecular weight is 314 g/mol. The lowest BCUT2D eigenvalue weighted by Gasteiger charge is -2.12. The minimum absolute atomic E-state index is 0.0435. The highest BCUT2D eigenvalue weighted by molar-refractivity contribution is 8.03. The molecule has 1 aromatic rings. The van der Waals surface area contributed by atoms with Gasteiger partial charge in [-0.1, -0.05) is 30.3 Å². The Hall–Kier alpha value is -2.01. The van der Waals surface area contributed by atoms with Crippen LogP contribution in [0.4, 0.5) is 0 Å². The van der Waals surface area contributed by atoms with E-state index >= 15 is 0 Å². The summed E-state index contributed by atoms with van der Waals surface area (Å²) >= 11 is 1.70. The van der Waals surface area contributed by atoms with Crippen LogP contribution in [0, 0.1) is 0 Å². The zero-order valence-corrected chi connectivity index (χ0v) is 13.0. The van der Waals surface area contributed by atoms with Gasteiger partial charge < -0.3 is 10.6 Å². The second kappa shape index (κ2) is 6.83. The maximum atomic E-state index is 11.9. The van der Waals surface area contributed by atoms with Gasteiger partial charge in [0.25, 0.3) is 0 Å². The van der Waals surface area contributed by atoms with Gasteiger partial charge >= 0.3 is 0 Å². The Morgan fingerprint density at radius 3 is 2.91 bits per heavy atom. The fraction of sp³-hybridized carbons (Fsp3) is 0.294. The monoisotopic (exact) mass is 314 g/mol. The Balaban J connectivity index is 1.39. The van der Waals surface area contributed by atoms with Crippen LogP contribution < -0.4 is 10.6 Å². The van der Waals surface area contributed by atoms with Crippen molar-refractivity contribution in [2.75, 3.05) is 6.54 Å². The Bertz CT molecular complexity index is 637. The molecule has 0 bridgehead atoms. The van der Waals surface area contributed by atoms with E-state index < -0.39 is 0 Å². The number of allylic oxidation sites excluding steroid dienone is 3. The molecule has 4 nitrogen and oxygen atoms in total. The quantitative estimate of drug-likeness (QED) is 0.874. The molecule has 1 aliphatic carbocycles. The highest BCUT2D eigenvalue weighted by atomic mass is 32.2. The van der Waals surface area contributed by atoms with Crippen LogP contribution in [0.5, 0.6) is 0 Å². The molecule has 0 radical (unpaired) electrons. The predicted molar refractivity (Wildman–Crippen MR) is 88.1 cm³/mol. The van der Waals surface area contributed by atoms with E-state index in [1.807, 2.05) is 36.4 Å². The van der Waals surface area contributed by atoms with Gasteiger partial charge in [-0.2, -0.15) is 0 Å². The largest absolute Gasteiger partial charge is 0.372 e. The summed E-state index contributed by atoms with van der Waals surface area (Å²) in [5, 5.41) is 6.58. The van der Waals surface area contributed by atoms with Crippen LogP contribution in [0.2, 0.25) is 0 Å². The van der Waals surface area contributed by atoms with Crippen LogP contribution in [0.15, 0.2) is 53.1 Å². The molecule has 114 valence electrons. The maximum absolute atomic E-state index is 11.9. The molecule has 3 rings (SSSR count). The highest BCUT2D eigenvalue weighted by Gasteiger charge is 2.26. The predicted octanol–water partition coefficient (Wildman–Crippen LogP) is 2.14. The summed E-state index contributed by atoms with van der Waals surface area (Å²) in [7, 11) is 0. The fourth-order valence-corrected chi connectivity index (χ4v) is 3.75. The molecule has 2 N–H and O–H groups in total. The molecule has 0 fully saturated rings. The van der Waals surface area contributed by atoms with E-state index in [1.54, 1.807) is 17.8 Å². The van der Waals surface area contributed by atoms with Crippen molar-refractivity contribution in [1.82, 2.24) is 10.6 Å². The van der Waals surface area contributed by atoms with Gasteiger partial charge in [0, 0.05) is 23.6 Å². The molecule has 0 spiro atoms. The number of ketones is 1. The summed E-state index contributed by atoms with van der Waals surface area (Å²) in [6.45, 7) is 0.633. The number of carbonyl (C=O) groups is 2. The van der Waals surface area contributed by atoms with Crippen molar-refractivity contribution >= 4 is 23.5 Å². The summed E-state index contributed by atoms with van der Waals surface area (Å²) in [5.41, 5.74) is 2.08. The van der Waals surface area contributed by atoms with Crippen molar-refractivity contribution in [2.45, 2.75) is 24.6 Å². The molecule has 0 saturated heterocycles. The van der Waals surface area contributed by atoms with Gasteiger partial charge in [-0.3, -0.25) is 9.59 Å². The third kappa shape index (κ3) is 3.80. The zero-order valence-electron chi connectivity index (χ0n) is 12.2. The standard InChI is InChI=1S/C17H18N2O2S/c20-13-6-7-14-15(11-13)22-17(19-14)8-9-18-16(21)10-12-4-2-1-3-5-12/h1-7,17,19H,8-11H2,(H,18,21). The van der Waals surface area contributed by atoms with E-state index in [4.69, 9.17) is 0 Å². The van der Waals surface area contributed by atoms with Crippen LogP contribution in [-0.2, 0) is 16.0 Å². The van der Waals surface area contributed by atoms with Gasteiger partial charge in [0.1, 0.15) is 0 Å². The first-order valence-electron chi connectivity index (χ1n) is 7.38. The van der Waals surface area contributed by atoms with Crippen molar-refractivity contribution < 1.29 is 9.59 Å². The number of hydrogen-bond acceptors (Lipinski definition) is 4. The first-order chi connectivity index (χ1) is 10.7. The summed E-state index contributed by atoms with van der Waals surface area (Å²) in [6.07, 6.45) is 5.22. The first kappa shape index (κ1) is 14.9. The Kier molecular flexibility index (Phi) is 4.63. The first-order valence-corrected chi connectivity index (χ1v) is 8.26. The number of thioether (sulfide) groups is 1. The molecule has 2 aliphatic rings. The highest BCUT2D eigenvalue weighted by Crippen LogP contribution is 2.36. The molecule has 0 saturated carbocycles. The number of nitrogens with one attached hydrogen (secondary N) is 2. The van der Waals surface area contributed by atoms with Crippen LogP contribution in [0.25, 0.3) is 0 Å². The average Bonchev–Trinajstić information content (AvgIpc) is 2.90. The van der Waals surface area contributed by atoms with Crippen LogP contribution >= 0.6 is 11.8 Å². The van der Waals surface area contributed by atoms with Crippen molar-refractivity contribution in [3.05, 3.63) is 58.6 Å². The summed E-state index contributed by atoms with van der Waals surface area (Å²) in [6, 6.07) is 9.72. The molecular formula is C17H18N2O2S. The molecule has 1 atom stereocenters. The third-order valence-electron chi connectivity index (χ3n) is 3.61. The fourth-order valence-electron chi connectivity index (χ4n) is 2.51. The molecule has 1 heterocycles. The molecule has 1 unspecified atom stereocenters. The number of hydrogen-bond donors (Lipinski definition) is 2. The van der Waals surface area contributed by atoms with Crippen LogP contribution in [-0.4, -0.2) is 23.6 Å². The van der Waals surface area contributed by atoms with E-state index in [-0.39, 0.29) is 17.1 Å². The second-order valence-electron chi connectivity index (χ2n) is 5.37. The van der Waals surface area contributed by atoms with E-state index in [1.165, 1.54) is 0 Å². The molecule has 1 amide bonds. The maximum Gasteiger partial charge on any atom is 0.224 e. The summed E-state index contributed by atoms with van der Waals surface area (Å²) < 4.78 is 0. The molecule has 5 heteroatoms. The van der Waals surface area contributed by atoms with E-state index in [2.05, 4.69) is 10.6 Å². The van der Waals surface area contributed by atoms with Crippen molar-refractivity contribution in [3.63, 3.8) is 0 Å². The number of carbonyl (C=O) groups excluding carboxylic acids is 2. The van der Waals surface area contributed by atoms with Crippen LogP contribution in [0.1, 0.15) is 18.4 Å². The van der Waals surface area contributed by atoms with Gasteiger partial charge in [-0.25, -0.2) is 0 Å².